The lowest BCUT2D eigenvalue weighted by atomic mass is 10.2. The number of unbranched alkanes of at least 4 members (excludes halogenated alkanes) is 1. The highest BCUT2D eigenvalue weighted by Gasteiger charge is 2.10. The minimum atomic E-state index is 0.891. The molecule has 0 saturated carbocycles. The normalized spacial score (nSPS) is 10.9. The molecule has 0 radical (unpaired) electrons. The number of hydrogen-bond acceptors (Lipinski definition) is 2. The van der Waals surface area contributed by atoms with E-state index in [-0.39, 0.29) is 0 Å². The number of ether oxygens (including phenoxy) is 1. The first-order valence-corrected chi connectivity index (χ1v) is 7.70. The molecular weight excluding hydrogens is 260 g/mol. The summed E-state index contributed by atoms with van der Waals surface area (Å²) in [6.45, 7) is 8.57. The molecule has 0 aliphatic heterocycles. The molecule has 1 N–H and O–H groups in total. The Bertz CT molecular complexity index is 587. The highest BCUT2D eigenvalue weighted by atomic mass is 16.5. The van der Waals surface area contributed by atoms with E-state index in [2.05, 4.69) is 48.9 Å². The molecule has 2 aromatic rings. The number of aryl methyl sites for hydroxylation is 1. The number of nitrogens with one attached hydrogen (secondary N) is 1. The number of benzene rings is 1. The van der Waals surface area contributed by atoms with Crippen molar-refractivity contribution in [2.45, 2.75) is 40.2 Å². The van der Waals surface area contributed by atoms with E-state index in [0.29, 0.717) is 0 Å². The second-order valence-corrected chi connectivity index (χ2v) is 5.46. The number of hydrogen-bond donors (Lipinski definition) is 1. The van der Waals surface area contributed by atoms with Gasteiger partial charge in [-0.1, -0.05) is 19.4 Å². The Morgan fingerprint density at radius 2 is 2.00 bits per heavy atom. The highest BCUT2D eigenvalue weighted by Crippen LogP contribution is 2.23. The van der Waals surface area contributed by atoms with Crippen molar-refractivity contribution < 1.29 is 4.74 Å². The summed E-state index contributed by atoms with van der Waals surface area (Å²) in [5, 5.41) is 3.52. The molecule has 1 heterocycles. The molecule has 3 nitrogen and oxygen atoms in total. The second kappa shape index (κ2) is 7.32. The summed E-state index contributed by atoms with van der Waals surface area (Å²) >= 11 is 0. The summed E-state index contributed by atoms with van der Waals surface area (Å²) in [4.78, 5) is 0. The van der Waals surface area contributed by atoms with Gasteiger partial charge in [0.05, 0.1) is 7.11 Å². The zero-order valence-corrected chi connectivity index (χ0v) is 13.6. The van der Waals surface area contributed by atoms with Crippen LogP contribution in [0.5, 0.6) is 5.75 Å². The zero-order chi connectivity index (χ0) is 15.2. The van der Waals surface area contributed by atoms with E-state index in [1.165, 1.54) is 29.8 Å². The lowest BCUT2D eigenvalue weighted by molar-refractivity contribution is 0.414. The van der Waals surface area contributed by atoms with Crippen molar-refractivity contribution in [1.29, 1.82) is 0 Å². The fraction of sp³-hybridized carbons (Fsp3) is 0.444. The van der Waals surface area contributed by atoms with E-state index in [4.69, 9.17) is 4.74 Å². The summed E-state index contributed by atoms with van der Waals surface area (Å²) in [5.74, 6) is 0.891. The molecule has 1 aromatic heterocycles. The average molecular weight is 286 g/mol. The fourth-order valence-electron chi connectivity index (χ4n) is 2.68. The van der Waals surface area contributed by atoms with Gasteiger partial charge in [-0.3, -0.25) is 0 Å². The summed E-state index contributed by atoms with van der Waals surface area (Å²) < 4.78 is 7.62. The smallest absolute Gasteiger partial charge is 0.120 e. The fourth-order valence-corrected chi connectivity index (χ4v) is 2.68. The summed E-state index contributed by atoms with van der Waals surface area (Å²) in [6, 6.07) is 10.5. The molecule has 0 bridgehead atoms. The molecule has 0 aliphatic carbocycles. The van der Waals surface area contributed by atoms with E-state index in [9.17, 15) is 0 Å². The maximum absolute atomic E-state index is 5.33. The Kier molecular flexibility index (Phi) is 5.45. The summed E-state index contributed by atoms with van der Waals surface area (Å²) in [5.41, 5.74) is 5.08. The Morgan fingerprint density at radius 3 is 2.71 bits per heavy atom. The van der Waals surface area contributed by atoms with Crippen molar-refractivity contribution in [1.82, 2.24) is 9.88 Å². The highest BCUT2D eigenvalue weighted by molar-refractivity contribution is 5.44. The van der Waals surface area contributed by atoms with Gasteiger partial charge in [-0.05, 0) is 50.6 Å². The van der Waals surface area contributed by atoms with Crippen LogP contribution in [-0.4, -0.2) is 18.2 Å². The van der Waals surface area contributed by atoms with Gasteiger partial charge in [0, 0.05) is 29.7 Å². The van der Waals surface area contributed by atoms with Crippen LogP contribution in [0.25, 0.3) is 5.69 Å². The van der Waals surface area contributed by atoms with Crippen molar-refractivity contribution in [2.75, 3.05) is 13.7 Å². The van der Waals surface area contributed by atoms with Crippen LogP contribution in [0.3, 0.4) is 0 Å². The van der Waals surface area contributed by atoms with Gasteiger partial charge in [0.25, 0.3) is 0 Å². The van der Waals surface area contributed by atoms with Crippen LogP contribution in [0.1, 0.15) is 36.7 Å². The van der Waals surface area contributed by atoms with Crippen molar-refractivity contribution in [3.8, 4) is 11.4 Å². The average Bonchev–Trinajstić information content (AvgIpc) is 2.78. The Hall–Kier alpha value is -1.74. The van der Waals surface area contributed by atoms with Gasteiger partial charge in [-0.25, -0.2) is 0 Å². The molecule has 0 spiro atoms. The van der Waals surface area contributed by atoms with E-state index in [0.717, 1.165) is 24.5 Å². The Balaban J connectivity index is 2.22. The maximum atomic E-state index is 5.33. The second-order valence-electron chi connectivity index (χ2n) is 5.46. The predicted octanol–water partition coefficient (Wildman–Crippen LogP) is 3.99. The SMILES string of the molecule is CCCCNCc1cc(C)n(-c2cccc(OC)c2)c1C. The van der Waals surface area contributed by atoms with Crippen LogP contribution < -0.4 is 10.1 Å². The molecule has 114 valence electrons. The van der Waals surface area contributed by atoms with Gasteiger partial charge < -0.3 is 14.6 Å². The molecule has 1 aromatic carbocycles. The van der Waals surface area contributed by atoms with Crippen LogP contribution in [-0.2, 0) is 6.54 Å². The van der Waals surface area contributed by atoms with Crippen molar-refractivity contribution in [3.05, 3.63) is 47.3 Å². The minimum Gasteiger partial charge on any atom is -0.497 e. The topological polar surface area (TPSA) is 26.2 Å². The van der Waals surface area contributed by atoms with Gasteiger partial charge in [-0.15, -0.1) is 0 Å². The van der Waals surface area contributed by atoms with E-state index < -0.39 is 0 Å². The summed E-state index contributed by atoms with van der Waals surface area (Å²) in [6.07, 6.45) is 2.46. The molecule has 0 atom stereocenters. The Morgan fingerprint density at radius 1 is 1.19 bits per heavy atom. The van der Waals surface area contributed by atoms with Crippen LogP contribution in [0.15, 0.2) is 30.3 Å². The van der Waals surface area contributed by atoms with Crippen LogP contribution >= 0.6 is 0 Å². The van der Waals surface area contributed by atoms with Crippen molar-refractivity contribution in [3.63, 3.8) is 0 Å². The standard InChI is InChI=1S/C18H26N2O/c1-5-6-10-19-13-16-11-14(2)20(15(16)3)17-8-7-9-18(12-17)21-4/h7-9,11-12,19H,5-6,10,13H2,1-4H3. The first-order valence-electron chi connectivity index (χ1n) is 7.70. The molecule has 2 rings (SSSR count). The quantitative estimate of drug-likeness (QED) is 0.779. The number of nitrogens with zero attached hydrogens (tertiary/aromatic N) is 1. The molecule has 0 amide bonds. The van der Waals surface area contributed by atoms with E-state index in [1.54, 1.807) is 7.11 Å². The van der Waals surface area contributed by atoms with E-state index >= 15 is 0 Å². The molecule has 21 heavy (non-hydrogen) atoms. The van der Waals surface area contributed by atoms with Crippen molar-refractivity contribution >= 4 is 0 Å². The third kappa shape index (κ3) is 3.67. The molecule has 0 unspecified atom stereocenters. The number of rotatable bonds is 7. The monoisotopic (exact) mass is 286 g/mol. The molecule has 0 fully saturated rings. The lowest BCUT2D eigenvalue weighted by Gasteiger charge is -2.11. The molecule has 3 heteroatoms. The first kappa shape index (κ1) is 15.6. The summed E-state index contributed by atoms with van der Waals surface area (Å²) in [7, 11) is 1.71. The Labute approximate surface area is 127 Å². The third-order valence-corrected chi connectivity index (χ3v) is 3.87. The van der Waals surface area contributed by atoms with Gasteiger partial charge in [0.1, 0.15) is 5.75 Å². The molecular formula is C18H26N2O. The van der Waals surface area contributed by atoms with Gasteiger partial charge in [-0.2, -0.15) is 0 Å². The first-order chi connectivity index (χ1) is 10.2. The third-order valence-electron chi connectivity index (χ3n) is 3.87. The largest absolute Gasteiger partial charge is 0.497 e. The van der Waals surface area contributed by atoms with Crippen molar-refractivity contribution in [2.24, 2.45) is 0 Å². The van der Waals surface area contributed by atoms with Gasteiger partial charge >= 0.3 is 0 Å². The van der Waals surface area contributed by atoms with Gasteiger partial charge in [0.15, 0.2) is 0 Å². The van der Waals surface area contributed by atoms with Gasteiger partial charge in [0.2, 0.25) is 0 Å². The zero-order valence-electron chi connectivity index (χ0n) is 13.6. The maximum Gasteiger partial charge on any atom is 0.120 e. The lowest BCUT2D eigenvalue weighted by Crippen LogP contribution is -2.14. The van der Waals surface area contributed by atoms with Crippen LogP contribution in [0.2, 0.25) is 0 Å². The van der Waals surface area contributed by atoms with Crippen LogP contribution in [0, 0.1) is 13.8 Å². The van der Waals surface area contributed by atoms with Crippen LogP contribution in [0.4, 0.5) is 0 Å². The molecule has 0 aliphatic rings. The predicted molar refractivity (Wildman–Crippen MR) is 88.4 cm³/mol. The minimum absolute atomic E-state index is 0.891. The molecule has 0 saturated heterocycles. The number of aromatic nitrogens is 1. The number of methoxy groups -OCH3 is 1. The van der Waals surface area contributed by atoms with E-state index in [1.807, 2.05) is 12.1 Å².